The number of pyridine rings is 1. The summed E-state index contributed by atoms with van der Waals surface area (Å²) in [5, 5.41) is 12.8. The van der Waals surface area contributed by atoms with Gasteiger partial charge in [0.2, 0.25) is 0 Å². The van der Waals surface area contributed by atoms with E-state index in [9.17, 15) is 14.0 Å². The zero-order valence-electron chi connectivity index (χ0n) is 21.7. The van der Waals surface area contributed by atoms with Crippen LogP contribution in [0.3, 0.4) is 0 Å². The second-order valence-corrected chi connectivity index (χ2v) is 9.16. The van der Waals surface area contributed by atoms with Crippen LogP contribution in [0.25, 0.3) is 10.9 Å². The van der Waals surface area contributed by atoms with Gasteiger partial charge in [-0.05, 0) is 53.6 Å². The maximum Gasteiger partial charge on any atom is 0.327 e. The summed E-state index contributed by atoms with van der Waals surface area (Å²) < 4.78 is 31.5. The molecule has 1 aliphatic rings. The maximum atomic E-state index is 13.6. The first-order chi connectivity index (χ1) is 18.9. The van der Waals surface area contributed by atoms with E-state index in [0.29, 0.717) is 54.6 Å². The fraction of sp³-hybridized carbons (Fsp3) is 0.370. The van der Waals surface area contributed by atoms with E-state index in [4.69, 9.17) is 14.2 Å². The summed E-state index contributed by atoms with van der Waals surface area (Å²) in [6.07, 6.45) is 0.578. The lowest BCUT2D eigenvalue weighted by molar-refractivity contribution is -0.144. The summed E-state index contributed by atoms with van der Waals surface area (Å²) >= 11 is 0. The summed E-state index contributed by atoms with van der Waals surface area (Å²) in [5.74, 6) is 0.890. The van der Waals surface area contributed by atoms with Crippen LogP contribution in [0.15, 0.2) is 47.3 Å². The fourth-order valence-electron chi connectivity index (χ4n) is 4.72. The highest BCUT2D eigenvalue weighted by molar-refractivity contribution is 5.83. The summed E-state index contributed by atoms with van der Waals surface area (Å²) in [7, 11) is 0. The summed E-state index contributed by atoms with van der Waals surface area (Å²) in [5.41, 5.74) is 1.76. The predicted octanol–water partition coefficient (Wildman–Crippen LogP) is 3.14. The first-order valence-electron chi connectivity index (χ1n) is 12.8. The number of ether oxygens (including phenoxy) is 3. The monoisotopic (exact) mass is 536 g/mol. The molecular weight excluding hydrogens is 507 g/mol. The Labute approximate surface area is 223 Å². The highest BCUT2D eigenvalue weighted by Crippen LogP contribution is 2.34. The number of carbonyl (C=O) groups is 1. The molecule has 0 amide bonds. The maximum absolute atomic E-state index is 13.6. The van der Waals surface area contributed by atoms with Gasteiger partial charge in [0.15, 0.2) is 17.3 Å². The van der Waals surface area contributed by atoms with Gasteiger partial charge in [-0.15, -0.1) is 5.10 Å². The van der Waals surface area contributed by atoms with Crippen molar-refractivity contribution in [1.82, 2.24) is 30.1 Å². The molecular formula is C27H29FN6O5. The van der Waals surface area contributed by atoms with Crippen LogP contribution in [0.5, 0.6) is 11.5 Å². The number of aromatic nitrogens is 5. The molecule has 5 rings (SSSR count). The van der Waals surface area contributed by atoms with Crippen molar-refractivity contribution in [3.8, 4) is 11.5 Å². The number of hydrogen-bond donors (Lipinski definition) is 1. The molecule has 0 radical (unpaired) electrons. The van der Waals surface area contributed by atoms with Gasteiger partial charge >= 0.3 is 5.97 Å². The van der Waals surface area contributed by atoms with Gasteiger partial charge in [-0.2, -0.15) is 0 Å². The van der Waals surface area contributed by atoms with Crippen molar-refractivity contribution >= 4 is 16.9 Å². The van der Waals surface area contributed by atoms with Crippen LogP contribution in [-0.2, 0) is 29.2 Å². The van der Waals surface area contributed by atoms with E-state index in [1.165, 1.54) is 16.8 Å². The minimum atomic E-state index is -0.452. The van der Waals surface area contributed by atoms with E-state index in [2.05, 4.69) is 20.5 Å². The van der Waals surface area contributed by atoms with Crippen LogP contribution in [0.2, 0.25) is 0 Å². The van der Waals surface area contributed by atoms with Crippen LogP contribution in [0.1, 0.15) is 43.3 Å². The topological polar surface area (TPSA) is 124 Å². The second kappa shape index (κ2) is 11.6. The normalized spacial score (nSPS) is 13.5. The fourth-order valence-corrected chi connectivity index (χ4v) is 4.72. The average molecular weight is 537 g/mol. The molecule has 2 aromatic heterocycles. The summed E-state index contributed by atoms with van der Waals surface area (Å²) in [4.78, 5) is 30.4. The van der Waals surface area contributed by atoms with Gasteiger partial charge < -0.3 is 19.2 Å². The van der Waals surface area contributed by atoms with E-state index in [-0.39, 0.29) is 37.1 Å². The quantitative estimate of drug-likeness (QED) is 0.304. The van der Waals surface area contributed by atoms with E-state index in [1.807, 2.05) is 24.0 Å². The number of fused-ring (bicyclic) bond motifs is 2. The summed E-state index contributed by atoms with van der Waals surface area (Å²) in [6, 6.07) is 11.3. The average Bonchev–Trinajstić information content (AvgIpc) is 3.37. The number of nitrogens with one attached hydrogen (secondary N) is 1. The van der Waals surface area contributed by atoms with Gasteiger partial charge in [-0.1, -0.05) is 19.1 Å². The molecule has 0 spiro atoms. The third kappa shape index (κ3) is 5.90. The minimum absolute atomic E-state index is 0.138. The molecule has 0 saturated heterocycles. The van der Waals surface area contributed by atoms with Crippen LogP contribution in [0.4, 0.5) is 4.39 Å². The van der Waals surface area contributed by atoms with Gasteiger partial charge in [0.25, 0.3) is 5.56 Å². The number of halogens is 1. The zero-order valence-corrected chi connectivity index (χ0v) is 21.7. The molecule has 2 aromatic carbocycles. The van der Waals surface area contributed by atoms with Crippen molar-refractivity contribution in [2.75, 3.05) is 19.8 Å². The zero-order chi connectivity index (χ0) is 27.4. The van der Waals surface area contributed by atoms with Crippen molar-refractivity contribution in [2.24, 2.45) is 0 Å². The number of esters is 1. The van der Waals surface area contributed by atoms with Gasteiger partial charge in [0.1, 0.15) is 25.6 Å². The molecule has 39 heavy (non-hydrogen) atoms. The SMILES string of the molecule is CCOC(=O)Cn1nnnc1C(CC)N(Cc1ccc(F)cc1)Cc1cc2cc3c(cc2[nH]c1=O)OCCO3. The Kier molecular flexibility index (Phi) is 7.82. The van der Waals surface area contributed by atoms with Gasteiger partial charge in [0.05, 0.1) is 18.2 Å². The van der Waals surface area contributed by atoms with Gasteiger partial charge in [-0.3, -0.25) is 14.5 Å². The molecule has 1 N–H and O–H groups in total. The van der Waals surface area contributed by atoms with Crippen molar-refractivity contribution < 1.29 is 23.4 Å². The number of benzene rings is 2. The number of tetrazole rings is 1. The lowest BCUT2D eigenvalue weighted by Crippen LogP contribution is -2.33. The van der Waals surface area contributed by atoms with E-state index < -0.39 is 5.97 Å². The first kappa shape index (κ1) is 26.3. The third-order valence-electron chi connectivity index (χ3n) is 6.53. The highest BCUT2D eigenvalue weighted by Gasteiger charge is 2.27. The lowest BCUT2D eigenvalue weighted by Gasteiger charge is -2.30. The molecule has 1 aliphatic heterocycles. The number of carbonyl (C=O) groups excluding carboxylic acids is 1. The molecule has 0 fully saturated rings. The van der Waals surface area contributed by atoms with Crippen LogP contribution in [0, 0.1) is 5.82 Å². The van der Waals surface area contributed by atoms with Crippen molar-refractivity contribution in [2.45, 2.75) is 45.9 Å². The third-order valence-corrected chi connectivity index (χ3v) is 6.53. The Morgan fingerprint density at radius 1 is 1.13 bits per heavy atom. The largest absolute Gasteiger partial charge is 0.486 e. The number of H-pyrrole nitrogens is 1. The van der Waals surface area contributed by atoms with Crippen molar-refractivity contribution in [3.63, 3.8) is 0 Å². The number of rotatable bonds is 10. The van der Waals surface area contributed by atoms with Gasteiger partial charge in [0, 0.05) is 30.1 Å². The predicted molar refractivity (Wildman–Crippen MR) is 139 cm³/mol. The minimum Gasteiger partial charge on any atom is -0.486 e. The number of nitrogens with zero attached hydrogens (tertiary/aromatic N) is 5. The standard InChI is InChI=1S/C27H29FN6O5/c1-3-22(26-30-31-32-34(26)16-25(35)37-4-2)33(14-17-5-7-20(28)8-6-17)15-19-11-18-12-23-24(39-10-9-38-23)13-21(18)29-27(19)36/h5-8,11-13,22H,3-4,9-10,14-16H2,1-2H3,(H,29,36). The van der Waals surface area contributed by atoms with E-state index >= 15 is 0 Å². The first-order valence-corrected chi connectivity index (χ1v) is 12.8. The Bertz CT molecular complexity index is 1520. The molecule has 1 atom stereocenters. The summed E-state index contributed by atoms with van der Waals surface area (Å²) in [6.45, 7) is 5.33. The molecule has 0 saturated carbocycles. The molecule has 204 valence electrons. The Morgan fingerprint density at radius 3 is 2.59 bits per heavy atom. The Hall–Kier alpha value is -4.32. The molecule has 3 heterocycles. The number of hydrogen-bond acceptors (Lipinski definition) is 9. The second-order valence-electron chi connectivity index (χ2n) is 9.16. The van der Waals surface area contributed by atoms with Gasteiger partial charge in [-0.25, -0.2) is 9.07 Å². The molecule has 0 bridgehead atoms. The van der Waals surface area contributed by atoms with Crippen LogP contribution in [-0.4, -0.2) is 55.9 Å². The molecule has 0 aliphatic carbocycles. The smallest absolute Gasteiger partial charge is 0.327 e. The van der Waals surface area contributed by atoms with Crippen molar-refractivity contribution in [1.29, 1.82) is 0 Å². The Morgan fingerprint density at radius 2 is 1.87 bits per heavy atom. The molecule has 11 nitrogen and oxygen atoms in total. The Balaban J connectivity index is 1.51. The molecule has 1 unspecified atom stereocenters. The molecule has 12 heteroatoms. The lowest BCUT2D eigenvalue weighted by atomic mass is 10.1. The number of aromatic amines is 1. The highest BCUT2D eigenvalue weighted by atomic mass is 19.1. The van der Waals surface area contributed by atoms with Crippen LogP contribution < -0.4 is 15.0 Å². The van der Waals surface area contributed by atoms with Crippen molar-refractivity contribution in [3.05, 3.63) is 75.6 Å². The van der Waals surface area contributed by atoms with Crippen LogP contribution >= 0.6 is 0 Å². The van der Waals surface area contributed by atoms with E-state index in [1.54, 1.807) is 25.1 Å². The van der Waals surface area contributed by atoms with E-state index in [0.717, 1.165) is 10.9 Å². The molecule has 4 aromatic rings.